The molecule has 1 N–H and O–H groups in total. The number of aromatic nitrogens is 3. The maximum absolute atomic E-state index is 4.73. The van der Waals surface area contributed by atoms with E-state index in [-0.39, 0.29) is 0 Å². The molecule has 1 aromatic carbocycles. The number of hydrogen-bond acceptors (Lipinski definition) is 4. The number of benzene rings is 1. The molecule has 0 fully saturated rings. The molecule has 1 heterocycles. The summed E-state index contributed by atoms with van der Waals surface area (Å²) in [5.74, 6) is 0. The largest absolute Gasteiger partial charge is 0.305 e. The topological polar surface area (TPSA) is 52.0 Å². The molecule has 5 heteroatoms. The van der Waals surface area contributed by atoms with Gasteiger partial charge in [-0.3, -0.25) is 0 Å². The van der Waals surface area contributed by atoms with Gasteiger partial charge in [-0.15, -0.1) is 0 Å². The van der Waals surface area contributed by atoms with Crippen molar-refractivity contribution in [1.29, 1.82) is 0 Å². The lowest BCUT2D eigenvalue weighted by atomic mass is 10.3. The van der Waals surface area contributed by atoms with Gasteiger partial charge in [-0.05, 0) is 12.1 Å². The lowest BCUT2D eigenvalue weighted by molar-refractivity contribution is 0.0857. The molecule has 0 saturated heterocycles. The number of para-hydroxylation sites is 1. The SMILES string of the molecule is CONCc1cnn(-c2ccccc2)n1. The quantitative estimate of drug-likeness (QED) is 0.752. The molecule has 2 aromatic rings. The van der Waals surface area contributed by atoms with Crippen molar-refractivity contribution >= 4 is 0 Å². The van der Waals surface area contributed by atoms with Crippen LogP contribution in [0.3, 0.4) is 0 Å². The Bertz CT molecular complexity index is 412. The Hall–Kier alpha value is -1.72. The number of nitrogens with one attached hydrogen (secondary N) is 1. The molecule has 0 saturated carbocycles. The minimum Gasteiger partial charge on any atom is -0.305 e. The highest BCUT2D eigenvalue weighted by Crippen LogP contribution is 2.03. The molecule has 1 aromatic heterocycles. The normalized spacial score (nSPS) is 10.5. The molecular formula is C10H12N4O. The van der Waals surface area contributed by atoms with Gasteiger partial charge in [0.05, 0.1) is 31.2 Å². The molecule has 0 aliphatic carbocycles. The first kappa shape index (κ1) is 9.82. The average Bonchev–Trinajstić information content (AvgIpc) is 2.76. The van der Waals surface area contributed by atoms with Gasteiger partial charge < -0.3 is 4.84 Å². The summed E-state index contributed by atoms with van der Waals surface area (Å²) in [5, 5.41) is 8.43. The van der Waals surface area contributed by atoms with Gasteiger partial charge in [0.1, 0.15) is 0 Å². The first-order valence-corrected chi connectivity index (χ1v) is 4.62. The van der Waals surface area contributed by atoms with E-state index in [2.05, 4.69) is 15.7 Å². The first-order valence-electron chi connectivity index (χ1n) is 4.62. The van der Waals surface area contributed by atoms with Crippen LogP contribution in [0, 0.1) is 0 Å². The van der Waals surface area contributed by atoms with E-state index in [4.69, 9.17) is 4.84 Å². The Balaban J connectivity index is 2.14. The maximum atomic E-state index is 4.73. The monoisotopic (exact) mass is 204 g/mol. The van der Waals surface area contributed by atoms with Gasteiger partial charge in [-0.25, -0.2) is 0 Å². The number of rotatable bonds is 4. The third-order valence-electron chi connectivity index (χ3n) is 1.92. The molecule has 0 aliphatic rings. The minimum atomic E-state index is 0.545. The molecule has 0 unspecified atom stereocenters. The standard InChI is InChI=1S/C10H12N4O/c1-15-12-8-9-7-11-14(13-9)10-5-3-2-4-6-10/h2-7,12H,8H2,1H3. The highest BCUT2D eigenvalue weighted by atomic mass is 16.6. The van der Waals surface area contributed by atoms with E-state index >= 15 is 0 Å². The van der Waals surface area contributed by atoms with Crippen LogP contribution in [0.4, 0.5) is 0 Å². The van der Waals surface area contributed by atoms with E-state index in [1.807, 2.05) is 30.3 Å². The molecule has 0 bridgehead atoms. The van der Waals surface area contributed by atoms with Crippen LogP contribution in [0.25, 0.3) is 5.69 Å². The summed E-state index contributed by atoms with van der Waals surface area (Å²) in [6.07, 6.45) is 1.71. The van der Waals surface area contributed by atoms with Gasteiger partial charge in [0, 0.05) is 0 Å². The van der Waals surface area contributed by atoms with Crippen LogP contribution in [-0.2, 0) is 11.4 Å². The molecule has 0 atom stereocenters. The van der Waals surface area contributed by atoms with Crippen molar-refractivity contribution < 1.29 is 4.84 Å². The van der Waals surface area contributed by atoms with E-state index in [0.29, 0.717) is 6.54 Å². The van der Waals surface area contributed by atoms with Crippen molar-refractivity contribution in [3.63, 3.8) is 0 Å². The smallest absolute Gasteiger partial charge is 0.0993 e. The molecule has 0 radical (unpaired) electrons. The molecule has 5 nitrogen and oxygen atoms in total. The Labute approximate surface area is 87.6 Å². The summed E-state index contributed by atoms with van der Waals surface area (Å²) in [5.41, 5.74) is 4.49. The third-order valence-corrected chi connectivity index (χ3v) is 1.92. The van der Waals surface area contributed by atoms with Crippen LogP contribution in [0.1, 0.15) is 5.69 Å². The third kappa shape index (κ3) is 2.39. The van der Waals surface area contributed by atoms with Crippen molar-refractivity contribution in [2.24, 2.45) is 0 Å². The number of hydrogen-bond donors (Lipinski definition) is 1. The Morgan fingerprint density at radius 3 is 2.87 bits per heavy atom. The fraction of sp³-hybridized carbons (Fsp3) is 0.200. The molecular weight excluding hydrogens is 192 g/mol. The predicted octanol–water partition coefficient (Wildman–Crippen LogP) is 0.918. The van der Waals surface area contributed by atoms with Crippen LogP contribution in [0.2, 0.25) is 0 Å². The van der Waals surface area contributed by atoms with Crippen molar-refractivity contribution in [2.45, 2.75) is 6.54 Å². The molecule has 15 heavy (non-hydrogen) atoms. The van der Waals surface area contributed by atoms with E-state index in [1.54, 1.807) is 18.1 Å². The predicted molar refractivity (Wildman–Crippen MR) is 55.2 cm³/mol. The minimum absolute atomic E-state index is 0.545. The molecule has 0 amide bonds. The van der Waals surface area contributed by atoms with Crippen molar-refractivity contribution in [3.8, 4) is 5.69 Å². The second kappa shape index (κ2) is 4.68. The Morgan fingerprint density at radius 2 is 2.13 bits per heavy atom. The summed E-state index contributed by atoms with van der Waals surface area (Å²) in [7, 11) is 1.57. The second-order valence-corrected chi connectivity index (χ2v) is 2.99. The van der Waals surface area contributed by atoms with Crippen molar-refractivity contribution in [3.05, 3.63) is 42.2 Å². The van der Waals surface area contributed by atoms with Crippen LogP contribution in [0.15, 0.2) is 36.5 Å². The van der Waals surface area contributed by atoms with Crippen LogP contribution in [-0.4, -0.2) is 22.1 Å². The Morgan fingerprint density at radius 1 is 1.33 bits per heavy atom. The lowest BCUT2D eigenvalue weighted by Gasteiger charge is -1.98. The molecule has 0 aliphatic heterocycles. The average molecular weight is 204 g/mol. The summed E-state index contributed by atoms with van der Waals surface area (Å²) < 4.78 is 0. The van der Waals surface area contributed by atoms with E-state index in [0.717, 1.165) is 11.4 Å². The van der Waals surface area contributed by atoms with Gasteiger partial charge in [-0.1, -0.05) is 18.2 Å². The van der Waals surface area contributed by atoms with Gasteiger partial charge in [0.15, 0.2) is 0 Å². The molecule has 78 valence electrons. The van der Waals surface area contributed by atoms with Crippen LogP contribution in [0.5, 0.6) is 0 Å². The zero-order chi connectivity index (χ0) is 10.5. The van der Waals surface area contributed by atoms with Gasteiger partial charge in [0.25, 0.3) is 0 Å². The number of hydroxylamine groups is 1. The zero-order valence-electron chi connectivity index (χ0n) is 8.42. The van der Waals surface area contributed by atoms with Crippen molar-refractivity contribution in [1.82, 2.24) is 20.5 Å². The highest BCUT2D eigenvalue weighted by molar-refractivity contribution is 5.28. The molecule has 2 rings (SSSR count). The van der Waals surface area contributed by atoms with Gasteiger partial charge in [0.2, 0.25) is 0 Å². The highest BCUT2D eigenvalue weighted by Gasteiger charge is 2.01. The van der Waals surface area contributed by atoms with Gasteiger partial charge >= 0.3 is 0 Å². The van der Waals surface area contributed by atoms with Crippen LogP contribution >= 0.6 is 0 Å². The zero-order valence-corrected chi connectivity index (χ0v) is 8.42. The van der Waals surface area contributed by atoms with Crippen LogP contribution < -0.4 is 5.48 Å². The summed E-state index contributed by atoms with van der Waals surface area (Å²) >= 11 is 0. The summed E-state index contributed by atoms with van der Waals surface area (Å²) in [6, 6.07) is 9.76. The number of nitrogens with zero attached hydrogens (tertiary/aromatic N) is 3. The Kier molecular flexibility index (Phi) is 3.06. The van der Waals surface area contributed by atoms with E-state index in [9.17, 15) is 0 Å². The van der Waals surface area contributed by atoms with E-state index < -0.39 is 0 Å². The van der Waals surface area contributed by atoms with Gasteiger partial charge in [-0.2, -0.15) is 20.5 Å². The summed E-state index contributed by atoms with van der Waals surface area (Å²) in [4.78, 5) is 6.32. The molecule has 0 spiro atoms. The second-order valence-electron chi connectivity index (χ2n) is 2.99. The fourth-order valence-corrected chi connectivity index (χ4v) is 1.21. The lowest BCUT2D eigenvalue weighted by Crippen LogP contribution is -2.11. The maximum Gasteiger partial charge on any atom is 0.0993 e. The fourth-order valence-electron chi connectivity index (χ4n) is 1.21. The van der Waals surface area contributed by atoms with E-state index in [1.165, 1.54) is 0 Å². The first-order chi connectivity index (χ1) is 7.40. The summed E-state index contributed by atoms with van der Waals surface area (Å²) in [6.45, 7) is 0.545. The van der Waals surface area contributed by atoms with Crippen molar-refractivity contribution in [2.75, 3.05) is 7.11 Å².